The molecule has 2 aromatic carbocycles. The predicted molar refractivity (Wildman–Crippen MR) is 128 cm³/mol. The average Bonchev–Trinajstić information content (AvgIpc) is 2.81. The summed E-state index contributed by atoms with van der Waals surface area (Å²) in [6.45, 7) is 7.19. The predicted octanol–water partition coefficient (Wildman–Crippen LogP) is 3.83. The summed E-state index contributed by atoms with van der Waals surface area (Å²) in [5, 5.41) is 18.0. The van der Waals surface area contributed by atoms with Crippen molar-refractivity contribution in [3.05, 3.63) is 77.4 Å². The van der Waals surface area contributed by atoms with Crippen LogP contribution in [-0.4, -0.2) is 52.6 Å². The Balaban J connectivity index is 0.000000569. The van der Waals surface area contributed by atoms with E-state index in [2.05, 4.69) is 66.5 Å². The number of rotatable bonds is 6. The van der Waals surface area contributed by atoms with Crippen LogP contribution < -0.4 is 5.32 Å². The molecule has 3 rings (SSSR count). The van der Waals surface area contributed by atoms with Crippen molar-refractivity contribution in [3.63, 3.8) is 0 Å². The number of carbonyl (C=O) groups is 3. The molecule has 0 aliphatic carbocycles. The van der Waals surface area contributed by atoms with Gasteiger partial charge in [-0.2, -0.15) is 0 Å². The van der Waals surface area contributed by atoms with Crippen molar-refractivity contribution in [2.45, 2.75) is 32.7 Å². The number of aliphatic carboxylic acids is 2. The highest BCUT2D eigenvalue weighted by molar-refractivity contribution is 6.27. The van der Waals surface area contributed by atoms with Gasteiger partial charge in [-0.3, -0.25) is 9.69 Å². The molecule has 1 atom stereocenters. The second-order valence-corrected chi connectivity index (χ2v) is 8.20. The summed E-state index contributed by atoms with van der Waals surface area (Å²) in [6, 6.07) is 20.7. The molecule has 176 valence electrons. The van der Waals surface area contributed by atoms with Crippen LogP contribution in [0.3, 0.4) is 0 Å². The second kappa shape index (κ2) is 13.2. The minimum Gasteiger partial charge on any atom is -0.473 e. The van der Waals surface area contributed by atoms with Crippen LogP contribution in [0.15, 0.2) is 66.2 Å². The zero-order chi connectivity index (χ0) is 24.2. The van der Waals surface area contributed by atoms with Crippen LogP contribution >= 0.6 is 0 Å². The maximum atomic E-state index is 12.6. The normalized spacial score (nSPS) is 15.6. The number of carbonyl (C=O) groups excluding carboxylic acids is 1. The zero-order valence-corrected chi connectivity index (χ0v) is 19.1. The third-order valence-electron chi connectivity index (χ3n) is 5.49. The molecule has 1 fully saturated rings. The third kappa shape index (κ3) is 9.29. The fourth-order valence-electron chi connectivity index (χ4n) is 3.74. The molecule has 0 bridgehead atoms. The number of carboxylic acids is 2. The van der Waals surface area contributed by atoms with Gasteiger partial charge < -0.3 is 15.5 Å². The van der Waals surface area contributed by atoms with Gasteiger partial charge in [-0.25, -0.2) is 9.59 Å². The standard InChI is InChI=1S/C24H30N2O.C2H2O4/c1-19(17-21-9-5-3-6-10-21)18-26-15-13-23(14-16-26)24(27)25-20(2)22-11-7-4-8-12-22;3-1(4)2(5)6/h3-12,17,20,23H,13-16,18H2,1-2H3,(H,25,27);(H,3,4)(H,5,6). The summed E-state index contributed by atoms with van der Waals surface area (Å²) >= 11 is 0. The molecular weight excluding hydrogens is 420 g/mol. The van der Waals surface area contributed by atoms with E-state index in [1.165, 1.54) is 11.1 Å². The minimum atomic E-state index is -1.82. The highest BCUT2D eigenvalue weighted by Crippen LogP contribution is 2.20. The molecule has 1 unspecified atom stereocenters. The van der Waals surface area contributed by atoms with Gasteiger partial charge in [-0.15, -0.1) is 0 Å². The fraction of sp³-hybridized carbons (Fsp3) is 0.346. The number of amides is 1. The molecule has 0 saturated carbocycles. The first-order chi connectivity index (χ1) is 15.8. The van der Waals surface area contributed by atoms with Crippen LogP contribution in [0.2, 0.25) is 0 Å². The van der Waals surface area contributed by atoms with Crippen molar-refractivity contribution in [1.29, 1.82) is 0 Å². The lowest BCUT2D eigenvalue weighted by Crippen LogP contribution is -2.41. The Morgan fingerprint density at radius 3 is 2.00 bits per heavy atom. The van der Waals surface area contributed by atoms with Crippen LogP contribution in [-0.2, 0) is 14.4 Å². The summed E-state index contributed by atoms with van der Waals surface area (Å²) in [7, 11) is 0. The number of nitrogens with one attached hydrogen (secondary N) is 1. The molecule has 1 saturated heterocycles. The van der Waals surface area contributed by atoms with Crippen molar-refractivity contribution >= 4 is 23.9 Å². The van der Waals surface area contributed by atoms with Crippen molar-refractivity contribution in [3.8, 4) is 0 Å². The van der Waals surface area contributed by atoms with E-state index in [4.69, 9.17) is 19.8 Å². The lowest BCUT2D eigenvalue weighted by Gasteiger charge is -2.32. The van der Waals surface area contributed by atoms with Crippen LogP contribution in [0.25, 0.3) is 6.08 Å². The number of benzene rings is 2. The first-order valence-corrected chi connectivity index (χ1v) is 11.0. The number of carboxylic acid groups (broad SMARTS) is 2. The molecule has 1 amide bonds. The summed E-state index contributed by atoms with van der Waals surface area (Å²) in [4.78, 5) is 33.3. The first kappa shape index (κ1) is 25.8. The molecule has 7 heteroatoms. The summed E-state index contributed by atoms with van der Waals surface area (Å²) in [6.07, 6.45) is 4.12. The summed E-state index contributed by atoms with van der Waals surface area (Å²) < 4.78 is 0. The van der Waals surface area contributed by atoms with E-state index in [-0.39, 0.29) is 17.9 Å². The van der Waals surface area contributed by atoms with Gasteiger partial charge in [-0.1, -0.05) is 72.3 Å². The van der Waals surface area contributed by atoms with Crippen molar-refractivity contribution in [2.24, 2.45) is 5.92 Å². The van der Waals surface area contributed by atoms with Crippen molar-refractivity contribution < 1.29 is 24.6 Å². The van der Waals surface area contributed by atoms with Gasteiger partial charge in [0.05, 0.1) is 6.04 Å². The minimum absolute atomic E-state index is 0.0628. The average molecular weight is 453 g/mol. The molecule has 2 aromatic rings. The SMILES string of the molecule is CC(=Cc1ccccc1)CN1CCC(C(=O)NC(C)c2ccccc2)CC1.O=C(O)C(=O)O. The maximum absolute atomic E-state index is 12.6. The lowest BCUT2D eigenvalue weighted by atomic mass is 9.94. The number of hydrogen-bond donors (Lipinski definition) is 3. The number of likely N-dealkylation sites (tertiary alicyclic amines) is 1. The molecule has 33 heavy (non-hydrogen) atoms. The Morgan fingerprint density at radius 2 is 1.48 bits per heavy atom. The smallest absolute Gasteiger partial charge is 0.414 e. The van der Waals surface area contributed by atoms with Gasteiger partial charge in [0.1, 0.15) is 0 Å². The quantitative estimate of drug-likeness (QED) is 0.575. The highest BCUT2D eigenvalue weighted by Gasteiger charge is 2.25. The Bertz CT molecular complexity index is 924. The monoisotopic (exact) mass is 452 g/mol. The maximum Gasteiger partial charge on any atom is 0.414 e. The van der Waals surface area contributed by atoms with Crippen LogP contribution in [0.1, 0.15) is 43.9 Å². The van der Waals surface area contributed by atoms with Crippen LogP contribution in [0, 0.1) is 5.92 Å². The Morgan fingerprint density at radius 1 is 0.970 bits per heavy atom. The third-order valence-corrected chi connectivity index (χ3v) is 5.49. The second-order valence-electron chi connectivity index (χ2n) is 8.20. The van der Waals surface area contributed by atoms with E-state index >= 15 is 0 Å². The largest absolute Gasteiger partial charge is 0.473 e. The van der Waals surface area contributed by atoms with Gasteiger partial charge in [0.15, 0.2) is 0 Å². The van der Waals surface area contributed by atoms with Gasteiger partial charge in [0.2, 0.25) is 5.91 Å². The Hall–Kier alpha value is -3.45. The molecule has 1 aliphatic rings. The topological polar surface area (TPSA) is 107 Å². The van der Waals surface area contributed by atoms with Crippen molar-refractivity contribution in [2.75, 3.05) is 19.6 Å². The van der Waals surface area contributed by atoms with E-state index in [0.29, 0.717) is 0 Å². The Labute approximate surface area is 194 Å². The number of nitrogens with zero attached hydrogens (tertiary/aromatic N) is 1. The number of piperidine rings is 1. The molecule has 0 radical (unpaired) electrons. The lowest BCUT2D eigenvalue weighted by molar-refractivity contribution is -0.159. The van der Waals surface area contributed by atoms with E-state index in [1.54, 1.807) is 0 Å². The summed E-state index contributed by atoms with van der Waals surface area (Å²) in [5.74, 6) is -3.32. The molecule has 0 spiro atoms. The van der Waals surface area contributed by atoms with Gasteiger partial charge in [0, 0.05) is 12.5 Å². The molecule has 0 aromatic heterocycles. The fourth-order valence-corrected chi connectivity index (χ4v) is 3.74. The highest BCUT2D eigenvalue weighted by atomic mass is 16.4. The first-order valence-electron chi connectivity index (χ1n) is 11.0. The number of hydrogen-bond acceptors (Lipinski definition) is 4. The van der Waals surface area contributed by atoms with Gasteiger partial charge >= 0.3 is 11.9 Å². The summed E-state index contributed by atoms with van der Waals surface area (Å²) in [5.41, 5.74) is 3.77. The van der Waals surface area contributed by atoms with E-state index in [0.717, 1.165) is 38.0 Å². The molecular formula is C26H32N2O5. The Kier molecular flexibility index (Phi) is 10.3. The molecule has 3 N–H and O–H groups in total. The van der Waals surface area contributed by atoms with Crippen LogP contribution in [0.4, 0.5) is 0 Å². The van der Waals surface area contributed by atoms with Gasteiger partial charge in [-0.05, 0) is 50.9 Å². The zero-order valence-electron chi connectivity index (χ0n) is 19.1. The van der Waals surface area contributed by atoms with Gasteiger partial charge in [0.25, 0.3) is 0 Å². The molecule has 1 aliphatic heterocycles. The molecule has 7 nitrogen and oxygen atoms in total. The molecule has 1 heterocycles. The van der Waals surface area contributed by atoms with Crippen LogP contribution in [0.5, 0.6) is 0 Å². The van der Waals surface area contributed by atoms with E-state index < -0.39 is 11.9 Å². The van der Waals surface area contributed by atoms with Crippen molar-refractivity contribution in [1.82, 2.24) is 10.2 Å². The van der Waals surface area contributed by atoms with E-state index in [1.807, 2.05) is 24.3 Å². The van der Waals surface area contributed by atoms with E-state index in [9.17, 15) is 4.79 Å².